The van der Waals surface area contributed by atoms with Gasteiger partial charge in [0.2, 0.25) is 0 Å². The first kappa shape index (κ1) is 23.5. The second-order valence-corrected chi connectivity index (χ2v) is 10.0. The first-order valence-corrected chi connectivity index (χ1v) is 12.3. The van der Waals surface area contributed by atoms with Gasteiger partial charge in [0.25, 0.3) is 0 Å². The van der Waals surface area contributed by atoms with Crippen molar-refractivity contribution >= 4 is 23.2 Å². The van der Waals surface area contributed by atoms with E-state index in [1.165, 1.54) is 43.4 Å². The van der Waals surface area contributed by atoms with E-state index in [-0.39, 0.29) is 18.0 Å². The zero-order chi connectivity index (χ0) is 22.8. The minimum Gasteiger partial charge on any atom is -0.367 e. The number of nitrogens with one attached hydrogen (secondary N) is 1. The van der Waals surface area contributed by atoms with Crippen molar-refractivity contribution in [2.24, 2.45) is 5.92 Å². The van der Waals surface area contributed by atoms with Gasteiger partial charge in [-0.25, -0.2) is 0 Å². The molecule has 1 amide bonds. The predicted molar refractivity (Wildman–Crippen MR) is 122 cm³/mol. The van der Waals surface area contributed by atoms with E-state index in [1.807, 2.05) is 11.4 Å². The Labute approximate surface area is 193 Å². The van der Waals surface area contributed by atoms with Crippen molar-refractivity contribution in [2.45, 2.75) is 81.8 Å². The fourth-order valence-corrected chi connectivity index (χ4v) is 6.18. The third-order valence-electron chi connectivity index (χ3n) is 7.51. The molecular weight excluding hydrogens is 437 g/mol. The van der Waals surface area contributed by atoms with E-state index in [4.69, 9.17) is 11.6 Å². The maximum absolute atomic E-state index is 12.4. The van der Waals surface area contributed by atoms with Gasteiger partial charge in [0.15, 0.2) is 0 Å². The molecule has 1 aliphatic heterocycles. The van der Waals surface area contributed by atoms with Crippen LogP contribution in [0.2, 0.25) is 5.02 Å². The third-order valence-corrected chi connectivity index (χ3v) is 7.74. The van der Waals surface area contributed by atoms with Crippen LogP contribution >= 0.6 is 11.6 Å². The molecule has 1 heterocycles. The molecule has 1 fully saturated rings. The van der Waals surface area contributed by atoms with E-state index in [0.29, 0.717) is 12.3 Å². The van der Waals surface area contributed by atoms with Gasteiger partial charge in [0.05, 0.1) is 0 Å². The second-order valence-electron chi connectivity index (χ2n) is 9.56. The summed E-state index contributed by atoms with van der Waals surface area (Å²) in [7, 11) is 0. The van der Waals surface area contributed by atoms with Gasteiger partial charge < -0.3 is 10.2 Å². The minimum atomic E-state index is -4.82. The van der Waals surface area contributed by atoms with E-state index in [9.17, 15) is 18.0 Å². The summed E-state index contributed by atoms with van der Waals surface area (Å²) in [6, 6.07) is 6.51. The van der Waals surface area contributed by atoms with Gasteiger partial charge in [0.1, 0.15) is 0 Å². The minimum absolute atomic E-state index is 0.0509. The fourth-order valence-electron chi connectivity index (χ4n) is 6.01. The summed E-state index contributed by atoms with van der Waals surface area (Å²) in [5.41, 5.74) is 2.48. The van der Waals surface area contributed by atoms with Crippen LogP contribution in [0.1, 0.15) is 69.8 Å². The highest BCUT2D eigenvalue weighted by molar-refractivity contribution is 6.30. The van der Waals surface area contributed by atoms with Crippen LogP contribution in [0.3, 0.4) is 0 Å². The number of alkyl halides is 3. The molecule has 7 heteroatoms. The maximum Gasteiger partial charge on any atom is 0.471 e. The van der Waals surface area contributed by atoms with Crippen LogP contribution < -0.4 is 10.2 Å². The third kappa shape index (κ3) is 4.80. The smallest absolute Gasteiger partial charge is 0.367 e. The van der Waals surface area contributed by atoms with Crippen molar-refractivity contribution in [3.8, 4) is 0 Å². The molecule has 0 bridgehead atoms. The zero-order valence-corrected chi connectivity index (χ0v) is 19.1. The molecule has 1 aromatic carbocycles. The molecule has 1 N–H and O–H groups in total. The largest absolute Gasteiger partial charge is 0.471 e. The van der Waals surface area contributed by atoms with Crippen LogP contribution in [-0.2, 0) is 10.2 Å². The number of allylic oxidation sites excluding steroid dienone is 1. The molecule has 2 atom stereocenters. The SMILES string of the molecule is O=C(NCCCCC1N(CC2CCCCC2)c2ccc(Cl)cc2[C@]12C=CCC2)C(F)(F)F. The van der Waals surface area contributed by atoms with Crippen molar-refractivity contribution in [1.82, 2.24) is 5.32 Å². The lowest BCUT2D eigenvalue weighted by molar-refractivity contribution is -0.173. The van der Waals surface area contributed by atoms with Crippen LogP contribution in [0.25, 0.3) is 0 Å². The van der Waals surface area contributed by atoms with Gasteiger partial charge in [-0.05, 0) is 74.6 Å². The van der Waals surface area contributed by atoms with Crippen LogP contribution in [0.4, 0.5) is 18.9 Å². The second kappa shape index (κ2) is 9.66. The van der Waals surface area contributed by atoms with Crippen molar-refractivity contribution in [3.05, 3.63) is 40.9 Å². The number of hydrogen-bond donors (Lipinski definition) is 1. The number of unbranched alkanes of at least 4 members (excludes halogenated alkanes) is 1. The lowest BCUT2D eigenvalue weighted by Gasteiger charge is -2.38. The monoisotopic (exact) mass is 468 g/mol. The summed E-state index contributed by atoms with van der Waals surface area (Å²) in [5.74, 6) is -1.17. The molecule has 1 aromatic rings. The number of carbonyl (C=O) groups excluding carboxylic acids is 1. The molecule has 2 aliphatic carbocycles. The van der Waals surface area contributed by atoms with Crippen LogP contribution in [0.5, 0.6) is 0 Å². The lowest BCUT2D eigenvalue weighted by Crippen LogP contribution is -2.45. The van der Waals surface area contributed by atoms with E-state index >= 15 is 0 Å². The molecule has 176 valence electrons. The van der Waals surface area contributed by atoms with Gasteiger partial charge in [-0.3, -0.25) is 4.79 Å². The zero-order valence-electron chi connectivity index (χ0n) is 18.4. The molecule has 1 saturated carbocycles. The molecule has 0 saturated heterocycles. The highest BCUT2D eigenvalue weighted by Crippen LogP contribution is 2.54. The number of carbonyl (C=O) groups is 1. The molecule has 0 aromatic heterocycles. The van der Waals surface area contributed by atoms with Gasteiger partial charge >= 0.3 is 12.1 Å². The molecule has 32 heavy (non-hydrogen) atoms. The Balaban J connectivity index is 1.49. The Morgan fingerprint density at radius 3 is 2.66 bits per heavy atom. The molecule has 1 spiro atoms. The first-order chi connectivity index (χ1) is 15.3. The van der Waals surface area contributed by atoms with Crippen LogP contribution in [0, 0.1) is 5.92 Å². The Morgan fingerprint density at radius 1 is 1.19 bits per heavy atom. The highest BCUT2D eigenvalue weighted by atomic mass is 35.5. The number of benzene rings is 1. The first-order valence-electron chi connectivity index (χ1n) is 11.9. The summed E-state index contributed by atoms with van der Waals surface area (Å²) >= 11 is 6.41. The Hall–Kier alpha value is -1.69. The van der Waals surface area contributed by atoms with Gasteiger partial charge in [-0.15, -0.1) is 0 Å². The standard InChI is InChI=1S/C25H32ClF3N2O/c26-19-11-12-21-20(16-19)24(13-5-6-14-24)22(31(21)17-18-8-2-1-3-9-18)10-4-7-15-30-23(32)25(27,28)29/h5,11-13,16,18,22H,1-4,6-10,14-15,17H2,(H,30,32)/t22?,24-/m1/s1. The molecule has 3 nitrogen and oxygen atoms in total. The summed E-state index contributed by atoms with van der Waals surface area (Å²) < 4.78 is 37.3. The Kier molecular flexibility index (Phi) is 7.09. The van der Waals surface area contributed by atoms with E-state index < -0.39 is 12.1 Å². The lowest BCUT2D eigenvalue weighted by atomic mass is 9.74. The highest BCUT2D eigenvalue weighted by Gasteiger charge is 2.50. The van der Waals surface area contributed by atoms with Crippen molar-refractivity contribution in [3.63, 3.8) is 0 Å². The summed E-state index contributed by atoms with van der Waals surface area (Å²) in [4.78, 5) is 13.7. The van der Waals surface area contributed by atoms with E-state index in [1.54, 1.807) is 0 Å². The average Bonchev–Trinajstić information content (AvgIpc) is 3.33. The van der Waals surface area contributed by atoms with Crippen LogP contribution in [0.15, 0.2) is 30.4 Å². The number of fused-ring (bicyclic) bond motifs is 2. The molecule has 3 aliphatic rings. The molecule has 0 radical (unpaired) electrons. The normalized spacial score (nSPS) is 25.5. The van der Waals surface area contributed by atoms with Crippen molar-refractivity contribution in [1.29, 1.82) is 0 Å². The summed E-state index contributed by atoms with van der Waals surface area (Å²) in [6.07, 6.45) is 10.5. The van der Waals surface area contributed by atoms with Crippen molar-refractivity contribution < 1.29 is 18.0 Å². The summed E-state index contributed by atoms with van der Waals surface area (Å²) in [6.45, 7) is 1.08. The van der Waals surface area contributed by atoms with Gasteiger partial charge in [-0.2, -0.15) is 13.2 Å². The number of nitrogens with zero attached hydrogens (tertiary/aromatic N) is 1. The quantitative estimate of drug-likeness (QED) is 0.363. The number of rotatable bonds is 7. The number of halogens is 4. The number of amides is 1. The number of hydrogen-bond acceptors (Lipinski definition) is 2. The average molecular weight is 469 g/mol. The number of anilines is 1. The van der Waals surface area contributed by atoms with Gasteiger partial charge in [0, 0.05) is 35.3 Å². The maximum atomic E-state index is 12.4. The Bertz CT molecular complexity index is 850. The van der Waals surface area contributed by atoms with E-state index in [2.05, 4.69) is 29.2 Å². The molecule has 1 unspecified atom stereocenters. The molecule has 4 rings (SSSR count). The molecular formula is C25H32ClF3N2O. The van der Waals surface area contributed by atoms with Crippen LogP contribution in [-0.4, -0.2) is 31.2 Å². The predicted octanol–water partition coefficient (Wildman–Crippen LogP) is 6.55. The van der Waals surface area contributed by atoms with Crippen molar-refractivity contribution in [2.75, 3.05) is 18.0 Å². The Morgan fingerprint density at radius 2 is 1.97 bits per heavy atom. The van der Waals surface area contributed by atoms with E-state index in [0.717, 1.165) is 37.3 Å². The topological polar surface area (TPSA) is 32.3 Å². The summed E-state index contributed by atoms with van der Waals surface area (Å²) in [5, 5.41) is 2.75. The fraction of sp³-hybridized carbons (Fsp3) is 0.640. The van der Waals surface area contributed by atoms with Gasteiger partial charge in [-0.1, -0.05) is 43.0 Å².